The summed E-state index contributed by atoms with van der Waals surface area (Å²) in [5.41, 5.74) is 5.27. The highest BCUT2D eigenvalue weighted by molar-refractivity contribution is 7.23. The quantitative estimate of drug-likeness (QED) is 0.169. The number of nitrogens with one attached hydrogen (secondary N) is 1. The normalized spacial score (nSPS) is 19.1. The number of aromatic nitrogens is 4. The summed E-state index contributed by atoms with van der Waals surface area (Å²) in [5, 5.41) is 12.7. The van der Waals surface area contributed by atoms with Gasteiger partial charge in [0.2, 0.25) is 11.8 Å². The van der Waals surface area contributed by atoms with Gasteiger partial charge in [-0.25, -0.2) is 18.2 Å². The van der Waals surface area contributed by atoms with E-state index in [0.717, 1.165) is 39.1 Å². The fourth-order valence-corrected chi connectivity index (χ4v) is 9.04. The molecule has 51 heavy (non-hydrogen) atoms. The van der Waals surface area contributed by atoms with Crippen LogP contribution < -0.4 is 10.1 Å². The summed E-state index contributed by atoms with van der Waals surface area (Å²) in [6.45, 7) is 2.36. The van der Waals surface area contributed by atoms with Gasteiger partial charge in [-0.1, -0.05) is 18.2 Å². The summed E-state index contributed by atoms with van der Waals surface area (Å²) >= 11 is 1.43. The van der Waals surface area contributed by atoms with Gasteiger partial charge in [-0.2, -0.15) is 0 Å². The highest BCUT2D eigenvalue weighted by Gasteiger charge is 2.45. The lowest BCUT2D eigenvalue weighted by atomic mass is 9.93. The number of thiophene rings is 1. The summed E-state index contributed by atoms with van der Waals surface area (Å²) < 4.78 is 56.0. The van der Waals surface area contributed by atoms with E-state index in [9.17, 15) is 13.6 Å². The van der Waals surface area contributed by atoms with Crippen LogP contribution in [0.3, 0.4) is 0 Å². The van der Waals surface area contributed by atoms with E-state index in [1.807, 2.05) is 17.0 Å². The molecule has 3 atom stereocenters. The van der Waals surface area contributed by atoms with E-state index in [2.05, 4.69) is 20.5 Å². The molecule has 3 aliphatic rings. The Morgan fingerprint density at radius 2 is 1.90 bits per heavy atom. The van der Waals surface area contributed by atoms with Crippen molar-refractivity contribution >= 4 is 33.1 Å². The first-order chi connectivity index (χ1) is 24.8. The summed E-state index contributed by atoms with van der Waals surface area (Å²) in [5.74, 6) is 0.224. The van der Waals surface area contributed by atoms with Gasteiger partial charge in [0, 0.05) is 42.1 Å². The number of anilines is 1. The highest BCUT2D eigenvalue weighted by atomic mass is 32.1. The van der Waals surface area contributed by atoms with Gasteiger partial charge in [0.1, 0.15) is 17.8 Å². The number of carbonyl (C=O) groups is 1. The molecule has 1 amide bonds. The van der Waals surface area contributed by atoms with Gasteiger partial charge in [-0.05, 0) is 72.5 Å². The number of halogens is 3. The maximum atomic E-state index is 15.6. The van der Waals surface area contributed by atoms with E-state index < -0.39 is 18.0 Å². The molecule has 2 aliphatic heterocycles. The van der Waals surface area contributed by atoms with Crippen molar-refractivity contribution in [3.05, 3.63) is 106 Å². The average molecular weight is 709 g/mol. The molecule has 0 unspecified atom stereocenters. The topological polar surface area (TPSA) is 106 Å². The number of hydrogen-bond acceptors (Lipinski definition) is 9. The number of alkyl halides is 1. The first-order valence-corrected chi connectivity index (χ1v) is 17.7. The lowest BCUT2D eigenvalue weighted by molar-refractivity contribution is 0.0776. The lowest BCUT2D eigenvalue weighted by Crippen LogP contribution is -2.22. The second-order valence-electron chi connectivity index (χ2n) is 13.2. The molecule has 9 rings (SSSR count). The number of pyridine rings is 2. The third kappa shape index (κ3) is 5.16. The molecule has 6 heterocycles. The zero-order chi connectivity index (χ0) is 35.0. The maximum Gasteiger partial charge on any atom is 0.257 e. The van der Waals surface area contributed by atoms with Crippen LogP contribution in [0.15, 0.2) is 59.1 Å². The van der Waals surface area contributed by atoms with E-state index in [0.29, 0.717) is 64.6 Å². The molecule has 4 aromatic heterocycles. The van der Waals surface area contributed by atoms with Crippen molar-refractivity contribution < 1.29 is 27.1 Å². The van der Waals surface area contributed by atoms with Crippen molar-refractivity contribution in [3.8, 4) is 27.6 Å². The predicted molar refractivity (Wildman–Crippen MR) is 186 cm³/mol. The molecule has 1 saturated heterocycles. The largest absolute Gasteiger partial charge is 0.493 e. The fourth-order valence-electron chi connectivity index (χ4n) is 7.87. The van der Waals surface area contributed by atoms with Crippen molar-refractivity contribution in [2.45, 2.75) is 57.3 Å². The van der Waals surface area contributed by atoms with Crippen LogP contribution in [0.2, 0.25) is 0 Å². The Kier molecular flexibility index (Phi) is 7.57. The van der Waals surface area contributed by atoms with E-state index >= 15 is 4.39 Å². The minimum Gasteiger partial charge on any atom is -0.493 e. The molecular weight excluding hydrogens is 678 g/mol. The SMILES string of the molecule is COc1c(F)ccc2c1C[C@H](F)[C@H]2Nc1nccc2cc(-c3c4c(nc(CCc5ccc(F)cc5)c3-c3nnc(C)o3)[C@@H]3CCCN3C4=O)sc12. The van der Waals surface area contributed by atoms with Crippen LogP contribution in [-0.2, 0) is 19.3 Å². The fraction of sp³-hybridized carbons (Fsp3) is 0.289. The minimum absolute atomic E-state index is 0.0101. The number of aryl methyl sites for hydroxylation is 3. The van der Waals surface area contributed by atoms with Crippen LogP contribution in [0.5, 0.6) is 5.75 Å². The molecular formula is C38H31F3N6O3S. The number of fused-ring (bicyclic) bond motifs is 5. The number of amides is 1. The van der Waals surface area contributed by atoms with Gasteiger partial charge in [0.05, 0.1) is 46.4 Å². The van der Waals surface area contributed by atoms with Crippen LogP contribution in [0.4, 0.5) is 19.0 Å². The highest BCUT2D eigenvalue weighted by Crippen LogP contribution is 2.51. The molecule has 2 aromatic carbocycles. The van der Waals surface area contributed by atoms with Crippen LogP contribution in [-0.4, -0.2) is 50.8 Å². The Labute approximate surface area is 294 Å². The zero-order valence-corrected chi connectivity index (χ0v) is 28.5. The van der Waals surface area contributed by atoms with E-state index in [1.165, 1.54) is 36.6 Å². The third-order valence-corrected chi connectivity index (χ3v) is 11.3. The molecule has 9 nitrogen and oxygen atoms in total. The molecule has 13 heteroatoms. The van der Waals surface area contributed by atoms with Gasteiger partial charge in [0.15, 0.2) is 11.6 Å². The number of methoxy groups -OCH3 is 1. The van der Waals surface area contributed by atoms with Crippen molar-refractivity contribution in [3.63, 3.8) is 0 Å². The molecule has 258 valence electrons. The lowest BCUT2D eigenvalue weighted by Gasteiger charge is -2.18. The second kappa shape index (κ2) is 12.2. The third-order valence-electron chi connectivity index (χ3n) is 10.2. The van der Waals surface area contributed by atoms with E-state index in [-0.39, 0.29) is 35.8 Å². The Hall–Kier alpha value is -5.30. The summed E-state index contributed by atoms with van der Waals surface area (Å²) in [4.78, 5) is 26.7. The Balaban J connectivity index is 1.20. The number of nitrogens with zero attached hydrogens (tertiary/aromatic N) is 5. The van der Waals surface area contributed by atoms with Crippen molar-refractivity contribution in [1.29, 1.82) is 0 Å². The van der Waals surface area contributed by atoms with Crippen LogP contribution in [0.1, 0.15) is 69.3 Å². The summed E-state index contributed by atoms with van der Waals surface area (Å²) in [7, 11) is 1.38. The number of carbonyl (C=O) groups excluding carboxylic acids is 1. The van der Waals surface area contributed by atoms with Crippen molar-refractivity contribution in [2.75, 3.05) is 19.0 Å². The van der Waals surface area contributed by atoms with Crippen LogP contribution >= 0.6 is 11.3 Å². The zero-order valence-electron chi connectivity index (χ0n) is 27.7. The molecule has 1 N–H and O–H groups in total. The van der Waals surface area contributed by atoms with E-state index in [4.69, 9.17) is 14.1 Å². The molecule has 0 bridgehead atoms. The maximum absolute atomic E-state index is 15.6. The first-order valence-electron chi connectivity index (χ1n) is 16.9. The Morgan fingerprint density at radius 3 is 2.69 bits per heavy atom. The van der Waals surface area contributed by atoms with Crippen molar-refractivity contribution in [2.24, 2.45) is 0 Å². The first kappa shape index (κ1) is 31.7. The summed E-state index contributed by atoms with van der Waals surface area (Å²) in [6.07, 6.45) is 3.09. The molecule has 1 aliphatic carbocycles. The Bertz CT molecular complexity index is 2360. The molecule has 0 saturated carbocycles. The van der Waals surface area contributed by atoms with Crippen molar-refractivity contribution in [1.82, 2.24) is 25.1 Å². The smallest absolute Gasteiger partial charge is 0.257 e. The van der Waals surface area contributed by atoms with E-state index in [1.54, 1.807) is 31.3 Å². The number of ether oxygens (including phenoxy) is 1. The standard InChI is InChI=1S/C38H31F3N6O3S/c1-18-45-46-37(50-18)29-26(12-7-19-5-8-21(39)9-6-19)43-33-27-4-3-15-47(27)38(48)31(33)30(29)28-16-20-13-14-42-36(35(20)51-28)44-32-22-10-11-24(40)34(49-2)23(22)17-25(32)41/h5-6,8-11,13-14,16,25,27,32H,3-4,7,12,15,17H2,1-2H3,(H,42,44)/t25-,27-,32-/m0/s1. The van der Waals surface area contributed by atoms with Crippen LogP contribution in [0, 0.1) is 18.6 Å². The van der Waals surface area contributed by atoms with Crippen LogP contribution in [0.25, 0.3) is 32.0 Å². The molecule has 0 radical (unpaired) electrons. The predicted octanol–water partition coefficient (Wildman–Crippen LogP) is 8.13. The molecule has 1 fully saturated rings. The van der Waals surface area contributed by atoms with Gasteiger partial charge < -0.3 is 19.4 Å². The Morgan fingerprint density at radius 1 is 1.06 bits per heavy atom. The minimum atomic E-state index is -1.34. The number of benzene rings is 2. The van der Waals surface area contributed by atoms with Gasteiger partial charge in [-0.15, -0.1) is 21.5 Å². The average Bonchev–Trinajstić information content (AvgIpc) is 3.96. The van der Waals surface area contributed by atoms with Gasteiger partial charge in [-0.3, -0.25) is 9.78 Å². The molecule has 0 spiro atoms. The monoisotopic (exact) mass is 708 g/mol. The summed E-state index contributed by atoms with van der Waals surface area (Å²) in [6, 6.07) is 12.3. The second-order valence-corrected chi connectivity index (χ2v) is 14.2. The number of hydrogen-bond donors (Lipinski definition) is 1. The number of rotatable bonds is 8. The van der Waals surface area contributed by atoms with Gasteiger partial charge in [0.25, 0.3) is 5.91 Å². The molecule has 6 aromatic rings. The van der Waals surface area contributed by atoms with Gasteiger partial charge >= 0.3 is 0 Å².